The lowest BCUT2D eigenvalue weighted by Crippen LogP contribution is -2.49. The summed E-state index contributed by atoms with van der Waals surface area (Å²) in [6, 6.07) is 19.2. The van der Waals surface area contributed by atoms with E-state index in [1.807, 2.05) is 74.5 Å². The maximum Gasteiger partial charge on any atom is 0.256 e. The molecule has 4 rings (SSSR count). The Kier molecular flexibility index (Phi) is 5.11. The molecule has 0 radical (unpaired) electrons. The number of benzene rings is 2. The quantitative estimate of drug-likeness (QED) is 0.759. The van der Waals surface area contributed by atoms with Gasteiger partial charge in [-0.3, -0.25) is 4.79 Å². The van der Waals surface area contributed by atoms with Crippen LogP contribution in [0.15, 0.2) is 60.7 Å². The van der Waals surface area contributed by atoms with E-state index >= 15 is 0 Å². The van der Waals surface area contributed by atoms with Crippen LogP contribution < -0.4 is 0 Å². The number of aromatic nitrogens is 1. The first-order valence-electron chi connectivity index (χ1n) is 9.60. The molecule has 28 heavy (non-hydrogen) atoms. The SMILES string of the molecule is CC1CN(C(=O)C(O)c2cc(-c3ccccc3)nc3ccccc23)CC(C)O1. The van der Waals surface area contributed by atoms with Gasteiger partial charge in [0.15, 0.2) is 6.10 Å². The molecule has 3 atom stereocenters. The van der Waals surface area contributed by atoms with Crippen molar-refractivity contribution >= 4 is 16.8 Å². The minimum Gasteiger partial charge on any atom is -0.378 e. The Bertz CT molecular complexity index is 980. The lowest BCUT2D eigenvalue weighted by Gasteiger charge is -2.36. The van der Waals surface area contributed by atoms with E-state index in [4.69, 9.17) is 9.72 Å². The second kappa shape index (κ2) is 7.70. The van der Waals surface area contributed by atoms with Crippen LogP contribution in [-0.2, 0) is 9.53 Å². The summed E-state index contributed by atoms with van der Waals surface area (Å²) in [7, 11) is 0. The van der Waals surface area contributed by atoms with Gasteiger partial charge < -0.3 is 14.7 Å². The third-order valence-electron chi connectivity index (χ3n) is 5.08. The van der Waals surface area contributed by atoms with Gasteiger partial charge in [-0.25, -0.2) is 4.98 Å². The van der Waals surface area contributed by atoms with Crippen LogP contribution in [0.4, 0.5) is 0 Å². The first-order chi connectivity index (χ1) is 13.5. The van der Waals surface area contributed by atoms with Crippen molar-refractivity contribution in [3.8, 4) is 11.3 Å². The summed E-state index contributed by atoms with van der Waals surface area (Å²) in [6.45, 7) is 4.85. The Morgan fingerprint density at radius 1 is 1.07 bits per heavy atom. The highest BCUT2D eigenvalue weighted by molar-refractivity contribution is 5.92. The average Bonchev–Trinajstić information content (AvgIpc) is 2.72. The number of aliphatic hydroxyl groups is 1. The van der Waals surface area contributed by atoms with Gasteiger partial charge in [0.05, 0.1) is 23.4 Å². The van der Waals surface area contributed by atoms with Gasteiger partial charge in [-0.2, -0.15) is 0 Å². The van der Waals surface area contributed by atoms with Crippen molar-refractivity contribution in [3.63, 3.8) is 0 Å². The minimum atomic E-state index is -1.24. The highest BCUT2D eigenvalue weighted by Gasteiger charge is 2.31. The van der Waals surface area contributed by atoms with Crippen molar-refractivity contribution in [2.45, 2.75) is 32.2 Å². The summed E-state index contributed by atoms with van der Waals surface area (Å²) in [5, 5.41) is 11.8. The minimum absolute atomic E-state index is 0.0473. The molecule has 1 aliphatic rings. The molecule has 5 heteroatoms. The summed E-state index contributed by atoms with van der Waals surface area (Å²) in [4.78, 5) is 19.5. The Morgan fingerprint density at radius 2 is 1.71 bits per heavy atom. The number of carbonyl (C=O) groups is 1. The summed E-state index contributed by atoms with van der Waals surface area (Å²) in [6.07, 6.45) is -1.34. The summed E-state index contributed by atoms with van der Waals surface area (Å²) in [5.74, 6) is -0.294. The van der Waals surface area contributed by atoms with Gasteiger partial charge in [-0.05, 0) is 26.0 Å². The number of pyridine rings is 1. The maximum absolute atomic E-state index is 13.1. The van der Waals surface area contributed by atoms with Gasteiger partial charge >= 0.3 is 0 Å². The number of morpholine rings is 1. The standard InChI is InChI=1S/C23H24N2O3/c1-15-13-25(14-16(2)28-15)23(27)22(26)19-12-21(17-8-4-3-5-9-17)24-20-11-7-6-10-18(19)20/h3-12,15-16,22,26H,13-14H2,1-2H3. The van der Waals surface area contributed by atoms with Crippen LogP contribution in [0.3, 0.4) is 0 Å². The van der Waals surface area contributed by atoms with Crippen molar-refractivity contribution in [1.29, 1.82) is 0 Å². The fourth-order valence-corrected chi connectivity index (χ4v) is 3.85. The van der Waals surface area contributed by atoms with Crippen LogP contribution in [0.5, 0.6) is 0 Å². The zero-order chi connectivity index (χ0) is 19.7. The van der Waals surface area contributed by atoms with Crippen LogP contribution in [0.1, 0.15) is 25.5 Å². The van der Waals surface area contributed by atoms with Crippen molar-refractivity contribution in [3.05, 3.63) is 66.2 Å². The van der Waals surface area contributed by atoms with E-state index in [1.165, 1.54) is 0 Å². The number of carbonyl (C=O) groups excluding carboxylic acids is 1. The molecule has 144 valence electrons. The molecule has 5 nitrogen and oxygen atoms in total. The zero-order valence-corrected chi connectivity index (χ0v) is 16.1. The molecule has 0 aliphatic carbocycles. The van der Waals surface area contributed by atoms with Gasteiger partial charge in [0, 0.05) is 29.6 Å². The smallest absolute Gasteiger partial charge is 0.256 e. The lowest BCUT2D eigenvalue weighted by molar-refractivity contribution is -0.152. The van der Waals surface area contributed by atoms with Gasteiger partial charge in [-0.15, -0.1) is 0 Å². The fraction of sp³-hybridized carbons (Fsp3) is 0.304. The predicted molar refractivity (Wildman–Crippen MR) is 109 cm³/mol. The molecular weight excluding hydrogens is 352 g/mol. The number of amides is 1. The molecule has 0 saturated carbocycles. The van der Waals surface area contributed by atoms with E-state index in [1.54, 1.807) is 4.90 Å². The van der Waals surface area contributed by atoms with E-state index in [-0.39, 0.29) is 18.1 Å². The van der Waals surface area contributed by atoms with Gasteiger partial charge in [0.25, 0.3) is 5.91 Å². The molecular formula is C23H24N2O3. The van der Waals surface area contributed by atoms with Gasteiger partial charge in [-0.1, -0.05) is 48.5 Å². The first kappa shape index (κ1) is 18.6. The topological polar surface area (TPSA) is 62.7 Å². The van der Waals surface area contributed by atoms with Crippen LogP contribution in [0, 0.1) is 0 Å². The summed E-state index contributed by atoms with van der Waals surface area (Å²) >= 11 is 0. The normalized spacial score (nSPS) is 20.9. The highest BCUT2D eigenvalue weighted by Crippen LogP contribution is 2.30. The highest BCUT2D eigenvalue weighted by atomic mass is 16.5. The van der Waals surface area contributed by atoms with Crippen LogP contribution in [-0.4, -0.2) is 46.2 Å². The molecule has 3 aromatic rings. The third kappa shape index (κ3) is 3.63. The molecule has 1 saturated heterocycles. The first-order valence-corrected chi connectivity index (χ1v) is 9.60. The predicted octanol–water partition coefficient (Wildman–Crippen LogP) is 3.57. The summed E-state index contributed by atoms with van der Waals surface area (Å²) in [5.41, 5.74) is 3.03. The molecule has 1 amide bonds. The Balaban J connectivity index is 1.75. The second-order valence-corrected chi connectivity index (χ2v) is 7.38. The number of rotatable bonds is 3. The van der Waals surface area contributed by atoms with Crippen molar-refractivity contribution in [2.24, 2.45) is 0 Å². The fourth-order valence-electron chi connectivity index (χ4n) is 3.85. The molecule has 0 bridgehead atoms. The summed E-state index contributed by atoms with van der Waals surface area (Å²) < 4.78 is 5.71. The molecule has 2 heterocycles. The molecule has 1 N–H and O–H groups in total. The Labute approximate surface area is 164 Å². The number of ether oxygens (including phenoxy) is 1. The van der Waals surface area contributed by atoms with Crippen molar-refractivity contribution in [1.82, 2.24) is 9.88 Å². The van der Waals surface area contributed by atoms with Crippen LogP contribution in [0.2, 0.25) is 0 Å². The number of hydrogen-bond acceptors (Lipinski definition) is 4. The molecule has 0 spiro atoms. The number of aliphatic hydroxyl groups excluding tert-OH is 1. The van der Waals surface area contributed by atoms with Crippen molar-refractivity contribution in [2.75, 3.05) is 13.1 Å². The molecule has 2 aromatic carbocycles. The number of fused-ring (bicyclic) bond motifs is 1. The Hall–Kier alpha value is -2.76. The van der Waals surface area contributed by atoms with Gasteiger partial charge in [0.1, 0.15) is 0 Å². The largest absolute Gasteiger partial charge is 0.378 e. The van der Waals surface area contributed by atoms with Crippen LogP contribution in [0.25, 0.3) is 22.2 Å². The molecule has 1 aromatic heterocycles. The molecule has 3 unspecified atom stereocenters. The van der Waals surface area contributed by atoms with E-state index in [9.17, 15) is 9.90 Å². The molecule has 1 fully saturated rings. The lowest BCUT2D eigenvalue weighted by atomic mass is 9.99. The average molecular weight is 376 g/mol. The number of para-hydroxylation sites is 1. The van der Waals surface area contributed by atoms with E-state index in [0.717, 1.165) is 22.2 Å². The monoisotopic (exact) mass is 376 g/mol. The second-order valence-electron chi connectivity index (χ2n) is 7.38. The Morgan fingerprint density at radius 3 is 2.43 bits per heavy atom. The van der Waals surface area contributed by atoms with Crippen LogP contribution >= 0.6 is 0 Å². The number of hydrogen-bond donors (Lipinski definition) is 1. The maximum atomic E-state index is 13.1. The zero-order valence-electron chi connectivity index (χ0n) is 16.1. The third-order valence-corrected chi connectivity index (χ3v) is 5.08. The molecule has 1 aliphatic heterocycles. The van der Waals surface area contributed by atoms with Gasteiger partial charge in [0.2, 0.25) is 0 Å². The van der Waals surface area contributed by atoms with Crippen molar-refractivity contribution < 1.29 is 14.6 Å². The number of nitrogens with zero attached hydrogens (tertiary/aromatic N) is 2. The van der Waals surface area contributed by atoms with E-state index in [2.05, 4.69) is 0 Å². The van der Waals surface area contributed by atoms with E-state index in [0.29, 0.717) is 18.7 Å². The van der Waals surface area contributed by atoms with E-state index < -0.39 is 6.10 Å².